The number of hydrogen-bond donors (Lipinski definition) is 0. The fourth-order valence-electron chi connectivity index (χ4n) is 1.56. The normalized spacial score (nSPS) is 18.7. The minimum atomic E-state index is -0.123. The highest BCUT2D eigenvalue weighted by Crippen LogP contribution is 2.51. The number of ether oxygens (including phenoxy) is 1. The standard InChI is InChI=1S/C10H10Cl2O/c1-13-10(4-5-10)8-3-2-7(11)6-9(8)12/h2-3,6H,4-5H2,1H3. The van der Waals surface area contributed by atoms with E-state index in [0.29, 0.717) is 10.0 Å². The minimum absolute atomic E-state index is 0.123. The third-order valence-electron chi connectivity index (χ3n) is 2.52. The molecule has 0 unspecified atom stereocenters. The van der Waals surface area contributed by atoms with Crippen molar-refractivity contribution in [2.75, 3.05) is 7.11 Å². The number of halogens is 2. The van der Waals surface area contributed by atoms with Crippen LogP contribution in [0.15, 0.2) is 18.2 Å². The van der Waals surface area contributed by atoms with Crippen LogP contribution in [0.3, 0.4) is 0 Å². The van der Waals surface area contributed by atoms with Gasteiger partial charge in [-0.1, -0.05) is 29.3 Å². The molecule has 1 aromatic carbocycles. The van der Waals surface area contributed by atoms with Crippen molar-refractivity contribution in [1.82, 2.24) is 0 Å². The van der Waals surface area contributed by atoms with E-state index in [0.717, 1.165) is 18.4 Å². The summed E-state index contributed by atoms with van der Waals surface area (Å²) in [4.78, 5) is 0. The maximum Gasteiger partial charge on any atom is 0.0944 e. The molecule has 2 rings (SSSR count). The van der Waals surface area contributed by atoms with Gasteiger partial charge >= 0.3 is 0 Å². The Labute approximate surface area is 87.6 Å². The molecular formula is C10H10Cl2O. The maximum absolute atomic E-state index is 6.07. The van der Waals surface area contributed by atoms with E-state index in [2.05, 4.69) is 0 Å². The Morgan fingerprint density at radius 2 is 2.00 bits per heavy atom. The van der Waals surface area contributed by atoms with Crippen LogP contribution in [0.1, 0.15) is 18.4 Å². The Kier molecular flexibility index (Phi) is 2.26. The zero-order chi connectivity index (χ0) is 9.47. The van der Waals surface area contributed by atoms with Crippen molar-refractivity contribution in [3.05, 3.63) is 33.8 Å². The lowest BCUT2D eigenvalue weighted by molar-refractivity contribution is 0.0790. The molecule has 1 aliphatic carbocycles. The highest BCUT2D eigenvalue weighted by Gasteiger charge is 2.45. The molecule has 0 bridgehead atoms. The van der Waals surface area contributed by atoms with E-state index >= 15 is 0 Å². The summed E-state index contributed by atoms with van der Waals surface area (Å²) < 4.78 is 5.43. The van der Waals surface area contributed by atoms with Gasteiger partial charge in [0, 0.05) is 22.7 Å². The molecule has 1 aliphatic rings. The second-order valence-electron chi connectivity index (χ2n) is 3.32. The van der Waals surface area contributed by atoms with Crippen LogP contribution in [0.4, 0.5) is 0 Å². The molecule has 0 heterocycles. The van der Waals surface area contributed by atoms with Crippen LogP contribution in [0.5, 0.6) is 0 Å². The molecule has 0 aliphatic heterocycles. The van der Waals surface area contributed by atoms with Crippen LogP contribution < -0.4 is 0 Å². The summed E-state index contributed by atoms with van der Waals surface area (Å²) in [6.07, 6.45) is 2.09. The first-order valence-electron chi connectivity index (χ1n) is 4.19. The summed E-state index contributed by atoms with van der Waals surface area (Å²) in [5, 5.41) is 1.37. The first-order chi connectivity index (χ1) is 6.18. The van der Waals surface area contributed by atoms with E-state index in [1.54, 1.807) is 13.2 Å². The van der Waals surface area contributed by atoms with Crippen molar-refractivity contribution in [2.24, 2.45) is 0 Å². The SMILES string of the molecule is COC1(c2ccc(Cl)cc2Cl)CC1. The molecule has 0 spiro atoms. The highest BCUT2D eigenvalue weighted by atomic mass is 35.5. The van der Waals surface area contributed by atoms with Gasteiger partial charge in [-0.2, -0.15) is 0 Å². The second kappa shape index (κ2) is 3.16. The summed E-state index contributed by atoms with van der Waals surface area (Å²) in [7, 11) is 1.72. The van der Waals surface area contributed by atoms with E-state index in [1.807, 2.05) is 12.1 Å². The summed E-state index contributed by atoms with van der Waals surface area (Å²) in [5.41, 5.74) is 0.933. The van der Waals surface area contributed by atoms with Crippen molar-refractivity contribution in [3.8, 4) is 0 Å². The average molecular weight is 217 g/mol. The Balaban J connectivity index is 2.41. The molecule has 1 fully saturated rings. The van der Waals surface area contributed by atoms with Crippen LogP contribution in [0.25, 0.3) is 0 Å². The van der Waals surface area contributed by atoms with Crippen LogP contribution in [0, 0.1) is 0 Å². The molecule has 13 heavy (non-hydrogen) atoms. The van der Waals surface area contributed by atoms with Gasteiger partial charge in [0.2, 0.25) is 0 Å². The number of rotatable bonds is 2. The first-order valence-corrected chi connectivity index (χ1v) is 4.94. The molecule has 3 heteroatoms. The first kappa shape index (κ1) is 9.32. The fraction of sp³-hybridized carbons (Fsp3) is 0.400. The van der Waals surface area contributed by atoms with Crippen LogP contribution in [-0.4, -0.2) is 7.11 Å². The van der Waals surface area contributed by atoms with Gasteiger partial charge in [0.15, 0.2) is 0 Å². The smallest absolute Gasteiger partial charge is 0.0944 e. The van der Waals surface area contributed by atoms with E-state index in [-0.39, 0.29) is 5.60 Å². The van der Waals surface area contributed by atoms with Gasteiger partial charge in [-0.3, -0.25) is 0 Å². The monoisotopic (exact) mass is 216 g/mol. The molecule has 0 aromatic heterocycles. The van der Waals surface area contributed by atoms with Crippen LogP contribution in [0.2, 0.25) is 10.0 Å². The van der Waals surface area contributed by atoms with Gasteiger partial charge < -0.3 is 4.74 Å². The van der Waals surface area contributed by atoms with Gasteiger partial charge in [0.05, 0.1) is 5.60 Å². The zero-order valence-corrected chi connectivity index (χ0v) is 8.82. The topological polar surface area (TPSA) is 9.23 Å². The third kappa shape index (κ3) is 1.56. The number of benzene rings is 1. The van der Waals surface area contributed by atoms with Gasteiger partial charge in [0.25, 0.3) is 0 Å². The van der Waals surface area contributed by atoms with Crippen LogP contribution in [-0.2, 0) is 10.3 Å². The van der Waals surface area contributed by atoms with Gasteiger partial charge in [0.1, 0.15) is 0 Å². The minimum Gasteiger partial charge on any atom is -0.373 e. The Bertz CT molecular complexity index is 332. The molecular weight excluding hydrogens is 207 g/mol. The molecule has 0 saturated heterocycles. The number of hydrogen-bond acceptors (Lipinski definition) is 1. The van der Waals surface area contributed by atoms with Gasteiger partial charge in [-0.05, 0) is 25.0 Å². The Hall–Kier alpha value is -0.240. The largest absolute Gasteiger partial charge is 0.373 e. The quantitative estimate of drug-likeness (QED) is 0.734. The molecule has 0 amide bonds. The Morgan fingerprint density at radius 3 is 2.46 bits per heavy atom. The average Bonchev–Trinajstić information content (AvgIpc) is 2.85. The van der Waals surface area contributed by atoms with E-state index in [4.69, 9.17) is 27.9 Å². The lowest BCUT2D eigenvalue weighted by Gasteiger charge is -2.15. The fourth-order valence-corrected chi connectivity index (χ4v) is 2.14. The molecule has 0 radical (unpaired) electrons. The van der Waals surface area contributed by atoms with Crippen molar-refractivity contribution >= 4 is 23.2 Å². The van der Waals surface area contributed by atoms with Gasteiger partial charge in [-0.25, -0.2) is 0 Å². The summed E-state index contributed by atoms with van der Waals surface area (Å²) in [5.74, 6) is 0. The number of methoxy groups -OCH3 is 1. The van der Waals surface area contributed by atoms with E-state index < -0.39 is 0 Å². The third-order valence-corrected chi connectivity index (χ3v) is 3.06. The van der Waals surface area contributed by atoms with Crippen molar-refractivity contribution in [1.29, 1.82) is 0 Å². The summed E-state index contributed by atoms with van der Waals surface area (Å²) >= 11 is 11.9. The van der Waals surface area contributed by atoms with Crippen molar-refractivity contribution in [3.63, 3.8) is 0 Å². The molecule has 0 N–H and O–H groups in total. The van der Waals surface area contributed by atoms with E-state index in [1.165, 1.54) is 0 Å². The van der Waals surface area contributed by atoms with E-state index in [9.17, 15) is 0 Å². The molecule has 0 atom stereocenters. The molecule has 1 nitrogen and oxygen atoms in total. The molecule has 1 aromatic rings. The second-order valence-corrected chi connectivity index (χ2v) is 4.17. The summed E-state index contributed by atoms with van der Waals surface area (Å²) in [6.45, 7) is 0. The molecule has 1 saturated carbocycles. The maximum atomic E-state index is 6.07. The molecule has 70 valence electrons. The van der Waals surface area contributed by atoms with Crippen LogP contribution >= 0.6 is 23.2 Å². The van der Waals surface area contributed by atoms with Gasteiger partial charge in [-0.15, -0.1) is 0 Å². The van der Waals surface area contributed by atoms with Crippen molar-refractivity contribution < 1.29 is 4.74 Å². The zero-order valence-electron chi connectivity index (χ0n) is 7.31. The highest BCUT2D eigenvalue weighted by molar-refractivity contribution is 6.35. The lowest BCUT2D eigenvalue weighted by atomic mass is 10.1. The lowest BCUT2D eigenvalue weighted by Crippen LogP contribution is -2.09. The summed E-state index contributed by atoms with van der Waals surface area (Å²) in [6, 6.07) is 5.56. The Morgan fingerprint density at radius 1 is 1.31 bits per heavy atom. The van der Waals surface area contributed by atoms with Crippen molar-refractivity contribution in [2.45, 2.75) is 18.4 Å². The predicted octanol–water partition coefficient (Wildman–Crippen LogP) is 3.63. The predicted molar refractivity (Wildman–Crippen MR) is 54.4 cm³/mol.